The van der Waals surface area contributed by atoms with E-state index in [1.807, 2.05) is 39.8 Å². The van der Waals surface area contributed by atoms with Crippen molar-refractivity contribution in [1.29, 1.82) is 0 Å². The lowest BCUT2D eigenvalue weighted by Gasteiger charge is -2.30. The Morgan fingerprint density at radius 2 is 1.86 bits per heavy atom. The van der Waals surface area contributed by atoms with Gasteiger partial charge >= 0.3 is 0 Å². The van der Waals surface area contributed by atoms with Crippen LogP contribution < -0.4 is 5.32 Å². The predicted molar refractivity (Wildman–Crippen MR) is 107 cm³/mol. The molecule has 3 heterocycles. The van der Waals surface area contributed by atoms with Gasteiger partial charge in [-0.3, -0.25) is 9.59 Å². The number of benzene rings is 1. The van der Waals surface area contributed by atoms with E-state index in [0.29, 0.717) is 24.0 Å². The number of nitrogens with zero attached hydrogens (tertiary/aromatic N) is 3. The summed E-state index contributed by atoms with van der Waals surface area (Å²) in [4.78, 5) is 32.4. The number of fused-ring (bicyclic) bond motifs is 1. The van der Waals surface area contributed by atoms with Crippen LogP contribution in [0.1, 0.15) is 65.0 Å². The van der Waals surface area contributed by atoms with Crippen LogP contribution in [0.4, 0.5) is 0 Å². The van der Waals surface area contributed by atoms with E-state index in [9.17, 15) is 9.59 Å². The number of hydrogen-bond donors (Lipinski definition) is 1. The number of nitrogens with one attached hydrogen (secondary N) is 1. The highest BCUT2D eigenvalue weighted by atomic mass is 16.2. The fraction of sp³-hybridized carbons (Fsp3) is 0.500. The average molecular weight is 380 g/mol. The van der Waals surface area contributed by atoms with Crippen LogP contribution in [0.25, 0.3) is 0 Å². The first-order valence-electron chi connectivity index (χ1n) is 10.3. The number of likely N-dealkylation sites (tertiary alicyclic amines) is 1. The molecule has 0 aliphatic carbocycles. The molecule has 2 amide bonds. The number of hydrogen-bond acceptors (Lipinski definition) is 3. The summed E-state index contributed by atoms with van der Waals surface area (Å²) in [6.07, 6.45) is 4.91. The molecule has 1 N–H and O–H groups in total. The van der Waals surface area contributed by atoms with Crippen LogP contribution in [0.15, 0.2) is 30.3 Å². The van der Waals surface area contributed by atoms with Crippen LogP contribution >= 0.6 is 0 Å². The molecule has 2 aliphatic heterocycles. The molecule has 6 heteroatoms. The molecule has 28 heavy (non-hydrogen) atoms. The zero-order valence-corrected chi connectivity index (χ0v) is 16.5. The number of aromatic nitrogens is 2. The molecule has 0 bridgehead atoms. The minimum atomic E-state index is -0.194. The molecule has 0 atom stereocenters. The highest BCUT2D eigenvalue weighted by molar-refractivity contribution is 5.97. The van der Waals surface area contributed by atoms with Crippen molar-refractivity contribution < 1.29 is 9.59 Å². The zero-order valence-electron chi connectivity index (χ0n) is 16.5. The normalized spacial score (nSPS) is 17.2. The van der Waals surface area contributed by atoms with Gasteiger partial charge in [0, 0.05) is 26.2 Å². The first kappa shape index (κ1) is 18.7. The van der Waals surface area contributed by atoms with Crippen molar-refractivity contribution in [2.75, 3.05) is 13.1 Å². The van der Waals surface area contributed by atoms with E-state index < -0.39 is 0 Å². The van der Waals surface area contributed by atoms with E-state index in [4.69, 9.17) is 0 Å². The molecule has 0 radical (unpaired) electrons. The molecule has 2 aromatic rings. The van der Waals surface area contributed by atoms with Gasteiger partial charge in [0.25, 0.3) is 11.8 Å². The van der Waals surface area contributed by atoms with Crippen molar-refractivity contribution in [2.24, 2.45) is 5.92 Å². The van der Waals surface area contributed by atoms with Crippen LogP contribution in [0.3, 0.4) is 0 Å². The van der Waals surface area contributed by atoms with Gasteiger partial charge in [-0.15, -0.1) is 0 Å². The van der Waals surface area contributed by atoms with Crippen LogP contribution in [0.2, 0.25) is 0 Å². The number of carbonyl (C=O) groups is 2. The summed E-state index contributed by atoms with van der Waals surface area (Å²) in [5, 5.41) is 2.96. The van der Waals surface area contributed by atoms with Crippen molar-refractivity contribution >= 4 is 11.8 Å². The molecular formula is C22H28N4O2. The largest absolute Gasteiger partial charge is 0.347 e. The first-order valence-corrected chi connectivity index (χ1v) is 10.3. The number of carbonyl (C=O) groups excluding carboxylic acids is 2. The summed E-state index contributed by atoms with van der Waals surface area (Å²) in [6.45, 7) is 5.00. The van der Waals surface area contributed by atoms with E-state index in [1.165, 1.54) is 0 Å². The molecule has 0 saturated carbocycles. The smallest absolute Gasteiger partial charge is 0.289 e. The third kappa shape index (κ3) is 3.81. The van der Waals surface area contributed by atoms with Gasteiger partial charge < -0.3 is 14.8 Å². The number of amides is 2. The van der Waals surface area contributed by atoms with E-state index >= 15 is 0 Å². The first-order chi connectivity index (χ1) is 13.6. The second kappa shape index (κ2) is 8.17. The van der Waals surface area contributed by atoms with Gasteiger partial charge in [-0.05, 0) is 43.6 Å². The maximum atomic E-state index is 13.1. The van der Waals surface area contributed by atoms with Gasteiger partial charge in [-0.25, -0.2) is 4.98 Å². The van der Waals surface area contributed by atoms with E-state index in [1.54, 1.807) is 0 Å². The number of imidazole rings is 1. The minimum absolute atomic E-state index is 0.0304. The summed E-state index contributed by atoms with van der Waals surface area (Å²) < 4.78 is 1.99. The molecule has 1 fully saturated rings. The Morgan fingerprint density at radius 1 is 1.11 bits per heavy atom. The highest BCUT2D eigenvalue weighted by Gasteiger charge is 2.30. The quantitative estimate of drug-likeness (QED) is 0.887. The molecule has 1 saturated heterocycles. The van der Waals surface area contributed by atoms with Crippen molar-refractivity contribution in [2.45, 2.75) is 52.1 Å². The standard InChI is InChI=1S/C22H28N4O2/c1-16-10-13-25(14-11-16)22(28)20-24-19(18-9-5-6-12-26(18)20)21(27)23-15-17-7-3-2-4-8-17/h2-4,7-8,16H,5-6,9-15H2,1H3,(H,23,27). The molecule has 2 aliphatic rings. The molecule has 0 unspecified atom stereocenters. The highest BCUT2D eigenvalue weighted by Crippen LogP contribution is 2.24. The lowest BCUT2D eigenvalue weighted by atomic mass is 9.99. The monoisotopic (exact) mass is 380 g/mol. The van der Waals surface area contributed by atoms with Crippen LogP contribution in [-0.4, -0.2) is 39.4 Å². The van der Waals surface area contributed by atoms with Crippen molar-refractivity contribution in [3.8, 4) is 0 Å². The summed E-state index contributed by atoms with van der Waals surface area (Å²) in [7, 11) is 0. The summed E-state index contributed by atoms with van der Waals surface area (Å²) in [5.41, 5.74) is 2.37. The minimum Gasteiger partial charge on any atom is -0.347 e. The van der Waals surface area contributed by atoms with Gasteiger partial charge in [0.1, 0.15) is 5.69 Å². The molecular weight excluding hydrogens is 352 g/mol. The Hall–Kier alpha value is -2.63. The second-order valence-electron chi connectivity index (χ2n) is 7.98. The fourth-order valence-electron chi connectivity index (χ4n) is 4.10. The molecule has 6 nitrogen and oxygen atoms in total. The zero-order chi connectivity index (χ0) is 19.5. The van der Waals surface area contributed by atoms with Crippen molar-refractivity contribution in [3.63, 3.8) is 0 Å². The van der Waals surface area contributed by atoms with Crippen molar-refractivity contribution in [3.05, 3.63) is 53.1 Å². The lowest BCUT2D eigenvalue weighted by Crippen LogP contribution is -2.39. The molecule has 1 aromatic carbocycles. The van der Waals surface area contributed by atoms with Gasteiger partial charge in [0.2, 0.25) is 0 Å². The third-order valence-electron chi connectivity index (χ3n) is 5.89. The Kier molecular flexibility index (Phi) is 5.46. The van der Waals surface area contributed by atoms with Crippen LogP contribution in [0.5, 0.6) is 0 Å². The lowest BCUT2D eigenvalue weighted by molar-refractivity contribution is 0.0678. The summed E-state index contributed by atoms with van der Waals surface area (Å²) >= 11 is 0. The van der Waals surface area contributed by atoms with Gasteiger partial charge in [0.05, 0.1) is 5.69 Å². The van der Waals surface area contributed by atoms with Crippen LogP contribution in [0, 0.1) is 5.92 Å². The average Bonchev–Trinajstić information content (AvgIpc) is 3.13. The Morgan fingerprint density at radius 3 is 2.61 bits per heavy atom. The predicted octanol–water partition coefficient (Wildman–Crippen LogP) is 3.02. The molecule has 1 aromatic heterocycles. The summed E-state index contributed by atoms with van der Waals surface area (Å²) in [6, 6.07) is 9.83. The van der Waals surface area contributed by atoms with Crippen molar-refractivity contribution in [1.82, 2.24) is 19.8 Å². The van der Waals surface area contributed by atoms with Crippen LogP contribution in [-0.2, 0) is 19.5 Å². The van der Waals surface area contributed by atoms with E-state index in [-0.39, 0.29) is 11.8 Å². The third-order valence-corrected chi connectivity index (χ3v) is 5.89. The number of rotatable bonds is 4. The second-order valence-corrected chi connectivity index (χ2v) is 7.98. The van der Waals surface area contributed by atoms with E-state index in [2.05, 4.69) is 17.2 Å². The Balaban J connectivity index is 1.54. The molecule has 148 valence electrons. The SMILES string of the molecule is CC1CCN(C(=O)c2nc(C(=O)NCc3ccccc3)c3n2CCCC3)CC1. The Bertz CT molecular complexity index is 851. The van der Waals surface area contributed by atoms with Gasteiger partial charge in [-0.2, -0.15) is 0 Å². The Labute approximate surface area is 165 Å². The maximum absolute atomic E-state index is 13.1. The molecule has 0 spiro atoms. The maximum Gasteiger partial charge on any atom is 0.289 e. The topological polar surface area (TPSA) is 67.2 Å². The van der Waals surface area contributed by atoms with Gasteiger partial charge in [0.15, 0.2) is 5.82 Å². The fourth-order valence-corrected chi connectivity index (χ4v) is 4.10. The van der Waals surface area contributed by atoms with Gasteiger partial charge in [-0.1, -0.05) is 37.3 Å². The molecule has 4 rings (SSSR count). The summed E-state index contributed by atoms with van der Waals surface area (Å²) in [5.74, 6) is 0.879. The number of piperidine rings is 1. The van der Waals surface area contributed by atoms with E-state index in [0.717, 1.165) is 63.0 Å².